The molecule has 4 aliphatic rings. The molecule has 1 aromatic rings. The van der Waals surface area contributed by atoms with E-state index >= 15 is 0 Å². The highest BCUT2D eigenvalue weighted by Gasteiger charge is 2.61. The fraction of sp³-hybridized carbons (Fsp3) is 0.625. The van der Waals surface area contributed by atoms with Crippen LogP contribution in [-0.4, -0.2) is 17.0 Å². The zero-order valence-electron chi connectivity index (χ0n) is 12.3. The topological polar surface area (TPSA) is 78.4 Å². The molecular weight excluding hydrogens is 300 g/mol. The molecule has 4 bridgehead atoms. The number of thiophene rings is 1. The average molecular weight is 320 g/mol. The summed E-state index contributed by atoms with van der Waals surface area (Å²) in [5.74, 6) is 1.83. The predicted octanol–water partition coefficient (Wildman–Crippen LogP) is 2.31. The monoisotopic (exact) mass is 320 g/mol. The first kappa shape index (κ1) is 14.2. The van der Waals surface area contributed by atoms with Gasteiger partial charge in [-0.3, -0.25) is 14.8 Å². The van der Waals surface area contributed by atoms with Gasteiger partial charge in [-0.15, -0.1) is 11.3 Å². The molecule has 3 N–H and O–H groups in total. The molecule has 0 saturated heterocycles. The van der Waals surface area contributed by atoms with E-state index in [0.717, 1.165) is 29.6 Å². The quantitative estimate of drug-likeness (QED) is 0.588. The Balaban J connectivity index is 1.41. The molecule has 5 rings (SSSR count). The van der Waals surface area contributed by atoms with Crippen LogP contribution in [0.3, 0.4) is 0 Å². The number of hydrogen-bond donors (Lipinski definition) is 3. The van der Waals surface area contributed by atoms with E-state index in [-0.39, 0.29) is 11.3 Å². The Hall–Kier alpha value is -1.40. The lowest BCUT2D eigenvalue weighted by atomic mass is 9.75. The highest BCUT2D eigenvalue weighted by Crippen LogP contribution is 2.65. The van der Waals surface area contributed by atoms with Crippen molar-refractivity contribution in [3.8, 4) is 0 Å². The molecule has 22 heavy (non-hydrogen) atoms. The molecule has 4 aliphatic carbocycles. The third kappa shape index (κ3) is 2.08. The van der Waals surface area contributed by atoms with E-state index in [2.05, 4.69) is 5.32 Å². The number of nitrogens with one attached hydrogen (secondary N) is 2. The van der Waals surface area contributed by atoms with Crippen LogP contribution in [0.15, 0.2) is 12.1 Å². The number of hydroxylamine groups is 1. The largest absolute Gasteiger partial charge is 0.351 e. The first-order valence-corrected chi connectivity index (χ1v) is 8.74. The minimum Gasteiger partial charge on any atom is -0.351 e. The van der Waals surface area contributed by atoms with Gasteiger partial charge < -0.3 is 5.32 Å². The van der Waals surface area contributed by atoms with Crippen LogP contribution >= 0.6 is 11.3 Å². The zero-order chi connectivity index (χ0) is 15.3. The molecule has 2 unspecified atom stereocenters. The molecular formula is C16H20N2O3S. The Morgan fingerprint density at radius 2 is 1.95 bits per heavy atom. The standard InChI is InChI=1S/C16H20N2O3S/c19-14(18-21)13-2-1-12(22-13)8-17-15(20)16-6-9-3-10(7-16)5-11(16)4-9/h1-2,9-11,21H,3-8H2,(H,17,20)(H,18,19). The van der Waals surface area contributed by atoms with Crippen LogP contribution < -0.4 is 10.8 Å². The third-order valence-corrected chi connectivity index (χ3v) is 6.94. The van der Waals surface area contributed by atoms with E-state index in [1.54, 1.807) is 11.5 Å². The van der Waals surface area contributed by atoms with E-state index in [0.29, 0.717) is 17.3 Å². The maximum absolute atomic E-state index is 12.8. The van der Waals surface area contributed by atoms with Crippen molar-refractivity contribution in [1.29, 1.82) is 0 Å². The number of carbonyl (C=O) groups is 2. The Labute approximate surface area is 133 Å². The SMILES string of the molecule is O=C(NO)c1ccc(CNC(=O)C23CC4CC(CC2C4)C3)s1. The van der Waals surface area contributed by atoms with Gasteiger partial charge in [0.05, 0.1) is 16.8 Å². The number of rotatable bonds is 4. The fourth-order valence-electron chi connectivity index (χ4n) is 5.16. The Morgan fingerprint density at radius 3 is 2.64 bits per heavy atom. The molecule has 2 atom stereocenters. The van der Waals surface area contributed by atoms with Gasteiger partial charge in [-0.25, -0.2) is 5.48 Å². The van der Waals surface area contributed by atoms with Crippen LogP contribution in [0.5, 0.6) is 0 Å². The second-order valence-corrected chi connectivity index (χ2v) is 8.26. The van der Waals surface area contributed by atoms with Crippen molar-refractivity contribution in [3.63, 3.8) is 0 Å². The van der Waals surface area contributed by atoms with Crippen molar-refractivity contribution in [2.24, 2.45) is 23.2 Å². The van der Waals surface area contributed by atoms with Crippen LogP contribution in [0.2, 0.25) is 0 Å². The molecule has 2 amide bonds. The van der Waals surface area contributed by atoms with Crippen molar-refractivity contribution in [2.45, 2.75) is 38.6 Å². The van der Waals surface area contributed by atoms with Crippen LogP contribution in [-0.2, 0) is 11.3 Å². The van der Waals surface area contributed by atoms with Gasteiger partial charge in [-0.1, -0.05) is 0 Å². The first-order chi connectivity index (χ1) is 10.6. The first-order valence-electron chi connectivity index (χ1n) is 7.92. The lowest BCUT2D eigenvalue weighted by Gasteiger charge is -2.31. The van der Waals surface area contributed by atoms with Crippen LogP contribution in [0.4, 0.5) is 0 Å². The van der Waals surface area contributed by atoms with Gasteiger partial charge in [0.1, 0.15) is 0 Å². The van der Waals surface area contributed by atoms with Gasteiger partial charge in [0, 0.05) is 4.88 Å². The smallest absolute Gasteiger partial charge is 0.284 e. The van der Waals surface area contributed by atoms with Crippen LogP contribution in [0.25, 0.3) is 0 Å². The maximum Gasteiger partial charge on any atom is 0.284 e. The average Bonchev–Trinajstić information content (AvgIpc) is 3.15. The van der Waals surface area contributed by atoms with Gasteiger partial charge in [0.2, 0.25) is 5.91 Å². The summed E-state index contributed by atoms with van der Waals surface area (Å²) >= 11 is 1.30. The molecule has 1 aromatic heterocycles. The molecule has 0 spiro atoms. The predicted molar refractivity (Wildman–Crippen MR) is 81.4 cm³/mol. The molecule has 4 fully saturated rings. The zero-order valence-corrected chi connectivity index (χ0v) is 13.1. The summed E-state index contributed by atoms with van der Waals surface area (Å²) < 4.78 is 0. The molecule has 0 radical (unpaired) electrons. The minimum atomic E-state index is -0.507. The van der Waals surface area contributed by atoms with E-state index < -0.39 is 5.91 Å². The fourth-order valence-corrected chi connectivity index (χ4v) is 6.00. The third-order valence-electron chi connectivity index (χ3n) is 5.85. The Bertz CT molecular complexity index is 613. The number of hydrogen-bond acceptors (Lipinski definition) is 4. The summed E-state index contributed by atoms with van der Waals surface area (Å²) in [4.78, 5) is 25.5. The van der Waals surface area contributed by atoms with Gasteiger partial charge >= 0.3 is 0 Å². The lowest BCUT2D eigenvalue weighted by molar-refractivity contribution is -0.133. The van der Waals surface area contributed by atoms with E-state index in [1.165, 1.54) is 30.6 Å². The molecule has 6 heteroatoms. The van der Waals surface area contributed by atoms with Crippen molar-refractivity contribution >= 4 is 23.2 Å². The van der Waals surface area contributed by atoms with Crippen molar-refractivity contribution < 1.29 is 14.8 Å². The molecule has 1 heterocycles. The highest BCUT2D eigenvalue weighted by molar-refractivity contribution is 7.14. The van der Waals surface area contributed by atoms with E-state index in [4.69, 9.17) is 5.21 Å². The number of amides is 2. The van der Waals surface area contributed by atoms with Crippen LogP contribution in [0.1, 0.15) is 46.7 Å². The van der Waals surface area contributed by atoms with Crippen molar-refractivity contribution in [2.75, 3.05) is 0 Å². The van der Waals surface area contributed by atoms with Gasteiger partial charge in [0.25, 0.3) is 5.91 Å². The van der Waals surface area contributed by atoms with Gasteiger partial charge in [-0.2, -0.15) is 0 Å². The molecule has 118 valence electrons. The van der Waals surface area contributed by atoms with Crippen molar-refractivity contribution in [3.05, 3.63) is 21.9 Å². The summed E-state index contributed by atoms with van der Waals surface area (Å²) in [7, 11) is 0. The molecule has 0 aliphatic heterocycles. The molecule has 5 nitrogen and oxygen atoms in total. The summed E-state index contributed by atoms with van der Waals surface area (Å²) in [6, 6.07) is 3.49. The second-order valence-electron chi connectivity index (χ2n) is 7.09. The maximum atomic E-state index is 12.8. The van der Waals surface area contributed by atoms with Gasteiger partial charge in [0.15, 0.2) is 0 Å². The Kier molecular flexibility index (Phi) is 3.27. The molecule has 0 aromatic carbocycles. The number of carbonyl (C=O) groups excluding carboxylic acids is 2. The summed E-state index contributed by atoms with van der Waals surface area (Å²) in [5, 5.41) is 11.7. The van der Waals surface area contributed by atoms with Gasteiger partial charge in [-0.05, 0) is 62.0 Å². The molecule has 4 saturated carbocycles. The summed E-state index contributed by atoms with van der Waals surface area (Å²) in [5.41, 5.74) is 1.53. The van der Waals surface area contributed by atoms with Crippen molar-refractivity contribution in [1.82, 2.24) is 10.8 Å². The minimum absolute atomic E-state index is 0.101. The second kappa shape index (κ2) is 5.06. The Morgan fingerprint density at radius 1 is 1.23 bits per heavy atom. The lowest BCUT2D eigenvalue weighted by Crippen LogP contribution is -2.41. The van der Waals surface area contributed by atoms with Crippen LogP contribution in [0, 0.1) is 23.2 Å². The van der Waals surface area contributed by atoms with E-state index in [9.17, 15) is 9.59 Å². The van der Waals surface area contributed by atoms with E-state index in [1.807, 2.05) is 6.07 Å². The normalized spacial score (nSPS) is 34.9. The highest BCUT2D eigenvalue weighted by atomic mass is 32.1. The summed E-state index contributed by atoms with van der Waals surface area (Å²) in [6.45, 7) is 0.464. The summed E-state index contributed by atoms with van der Waals surface area (Å²) in [6.07, 6.45) is 5.95.